The van der Waals surface area contributed by atoms with Crippen molar-refractivity contribution in [3.05, 3.63) is 0 Å². The highest BCUT2D eigenvalue weighted by molar-refractivity contribution is 7.79. The van der Waals surface area contributed by atoms with Crippen LogP contribution in [0.5, 0.6) is 0 Å². The summed E-state index contributed by atoms with van der Waals surface area (Å²) in [6.45, 7) is 1.25. The van der Waals surface area contributed by atoms with Gasteiger partial charge >= 0.3 is 22.3 Å². The molecule has 0 aliphatic rings. The molecule has 0 aromatic rings. The zero-order chi connectivity index (χ0) is 12.8. The van der Waals surface area contributed by atoms with Crippen molar-refractivity contribution < 1.29 is 37.3 Å². The van der Waals surface area contributed by atoms with Gasteiger partial charge in [-0.05, 0) is 6.92 Å². The van der Waals surface area contributed by atoms with Gasteiger partial charge in [-0.1, -0.05) is 0 Å². The van der Waals surface area contributed by atoms with Crippen molar-refractivity contribution in [2.75, 3.05) is 0 Å². The Bertz CT molecular complexity index is 296. The molecule has 1 unspecified atom stereocenters. The summed E-state index contributed by atoms with van der Waals surface area (Å²) in [4.78, 5) is 20.2. The SMILES string of the molecule is CC(C(=O)O)[C@H](N)C(=O)O.O=S(=O)(O)O. The Morgan fingerprint density at radius 3 is 1.47 bits per heavy atom. The van der Waals surface area contributed by atoms with E-state index in [-0.39, 0.29) is 0 Å². The molecule has 0 aromatic heterocycles. The maximum atomic E-state index is 10.1. The molecule has 0 saturated heterocycles. The van der Waals surface area contributed by atoms with Gasteiger partial charge in [0.1, 0.15) is 6.04 Å². The average molecular weight is 245 g/mol. The third-order valence-corrected chi connectivity index (χ3v) is 1.21. The van der Waals surface area contributed by atoms with E-state index >= 15 is 0 Å². The molecule has 0 aliphatic carbocycles. The molecule has 6 N–H and O–H groups in total. The van der Waals surface area contributed by atoms with Crippen LogP contribution in [0, 0.1) is 5.92 Å². The van der Waals surface area contributed by atoms with E-state index < -0.39 is 34.3 Å². The molecular weight excluding hydrogens is 234 g/mol. The Morgan fingerprint density at radius 2 is 1.40 bits per heavy atom. The molecule has 0 aromatic carbocycles. The Morgan fingerprint density at radius 1 is 1.13 bits per heavy atom. The molecule has 0 amide bonds. The van der Waals surface area contributed by atoms with E-state index in [4.69, 9.17) is 33.5 Å². The van der Waals surface area contributed by atoms with E-state index in [1.807, 2.05) is 0 Å². The van der Waals surface area contributed by atoms with Crippen molar-refractivity contribution in [2.45, 2.75) is 13.0 Å². The normalized spacial score (nSPS) is 14.4. The van der Waals surface area contributed by atoms with E-state index in [1.54, 1.807) is 0 Å². The lowest BCUT2D eigenvalue weighted by Crippen LogP contribution is -2.40. The molecule has 0 saturated carbocycles. The van der Waals surface area contributed by atoms with Crippen LogP contribution in [0.25, 0.3) is 0 Å². The summed E-state index contributed by atoms with van der Waals surface area (Å²) in [5.41, 5.74) is 4.98. The molecule has 0 heterocycles. The number of nitrogens with two attached hydrogens (primary N) is 1. The van der Waals surface area contributed by atoms with Gasteiger partial charge in [0.25, 0.3) is 0 Å². The van der Waals surface area contributed by atoms with E-state index in [1.165, 1.54) is 6.92 Å². The van der Waals surface area contributed by atoms with Crippen LogP contribution in [0.2, 0.25) is 0 Å². The second-order valence-electron chi connectivity index (χ2n) is 2.44. The maximum absolute atomic E-state index is 10.1. The third-order valence-electron chi connectivity index (χ3n) is 1.21. The molecular formula is C5H11NO8S. The molecule has 0 aliphatic heterocycles. The highest BCUT2D eigenvalue weighted by Gasteiger charge is 2.25. The van der Waals surface area contributed by atoms with Crippen LogP contribution in [-0.4, -0.2) is 45.7 Å². The standard InChI is InChI=1S/C5H9NO4.H2O4S/c1-2(4(7)8)3(6)5(9)10;1-5(2,3)4/h2-3H,6H2,1H3,(H,7,8)(H,9,10);(H2,1,2,3,4)/t2?,3-;/m0./s1. The first-order valence-corrected chi connectivity index (χ1v) is 4.77. The number of hydrogen-bond donors (Lipinski definition) is 5. The largest absolute Gasteiger partial charge is 0.481 e. The zero-order valence-electron chi connectivity index (χ0n) is 7.56. The van der Waals surface area contributed by atoms with Crippen molar-refractivity contribution >= 4 is 22.3 Å². The Hall–Kier alpha value is -1.23. The predicted octanol–water partition coefficient (Wildman–Crippen LogP) is -1.53. The quantitative estimate of drug-likeness (QED) is 0.369. The molecule has 0 fully saturated rings. The van der Waals surface area contributed by atoms with Crippen molar-refractivity contribution in [3.63, 3.8) is 0 Å². The van der Waals surface area contributed by atoms with Gasteiger partial charge in [-0.2, -0.15) is 8.42 Å². The minimum Gasteiger partial charge on any atom is -0.481 e. The van der Waals surface area contributed by atoms with Gasteiger partial charge in [0, 0.05) is 0 Å². The Kier molecular flexibility index (Phi) is 6.80. The van der Waals surface area contributed by atoms with Crippen LogP contribution < -0.4 is 5.73 Å². The van der Waals surface area contributed by atoms with Crippen LogP contribution >= 0.6 is 0 Å². The average Bonchev–Trinajstić information content (AvgIpc) is 1.98. The topological polar surface area (TPSA) is 175 Å². The Labute approximate surface area is 85.1 Å². The number of aliphatic carboxylic acids is 2. The Balaban J connectivity index is 0. The highest BCUT2D eigenvalue weighted by atomic mass is 32.3. The zero-order valence-corrected chi connectivity index (χ0v) is 8.38. The van der Waals surface area contributed by atoms with E-state index in [0.29, 0.717) is 0 Å². The summed E-state index contributed by atoms with van der Waals surface area (Å²) in [6.07, 6.45) is 0. The monoisotopic (exact) mass is 245 g/mol. The third kappa shape index (κ3) is 12.8. The van der Waals surface area contributed by atoms with Crippen LogP contribution in [-0.2, 0) is 20.0 Å². The lowest BCUT2D eigenvalue weighted by Gasteiger charge is -2.09. The van der Waals surface area contributed by atoms with E-state index in [0.717, 1.165) is 0 Å². The van der Waals surface area contributed by atoms with Crippen molar-refractivity contribution in [1.82, 2.24) is 0 Å². The summed E-state index contributed by atoms with van der Waals surface area (Å²) in [5.74, 6) is -3.54. The van der Waals surface area contributed by atoms with Gasteiger partial charge in [-0.25, -0.2) is 0 Å². The smallest absolute Gasteiger partial charge is 0.394 e. The van der Waals surface area contributed by atoms with Gasteiger partial charge in [0.05, 0.1) is 5.92 Å². The van der Waals surface area contributed by atoms with E-state index in [9.17, 15) is 9.59 Å². The summed E-state index contributed by atoms with van der Waals surface area (Å²) in [6, 6.07) is -1.32. The summed E-state index contributed by atoms with van der Waals surface area (Å²) in [7, 11) is -4.67. The van der Waals surface area contributed by atoms with Crippen LogP contribution in [0.15, 0.2) is 0 Å². The summed E-state index contributed by atoms with van der Waals surface area (Å²) in [5, 5.41) is 16.5. The van der Waals surface area contributed by atoms with Crippen molar-refractivity contribution in [3.8, 4) is 0 Å². The lowest BCUT2D eigenvalue weighted by molar-refractivity contribution is -0.149. The number of carbonyl (C=O) groups is 2. The van der Waals surface area contributed by atoms with Crippen molar-refractivity contribution in [2.24, 2.45) is 11.7 Å². The fraction of sp³-hybridized carbons (Fsp3) is 0.600. The minimum absolute atomic E-state index is 1.04. The number of rotatable bonds is 3. The molecule has 90 valence electrons. The van der Waals surface area contributed by atoms with E-state index in [2.05, 4.69) is 0 Å². The van der Waals surface area contributed by atoms with Crippen molar-refractivity contribution in [1.29, 1.82) is 0 Å². The van der Waals surface area contributed by atoms with Gasteiger partial charge < -0.3 is 15.9 Å². The predicted molar refractivity (Wildman–Crippen MR) is 46.6 cm³/mol. The lowest BCUT2D eigenvalue weighted by atomic mass is 10.0. The van der Waals surface area contributed by atoms with Gasteiger partial charge in [0.15, 0.2) is 0 Å². The van der Waals surface area contributed by atoms with Crippen LogP contribution in [0.4, 0.5) is 0 Å². The number of carboxylic acid groups (broad SMARTS) is 2. The molecule has 0 spiro atoms. The number of hydrogen-bond acceptors (Lipinski definition) is 5. The second kappa shape index (κ2) is 6.29. The first kappa shape index (κ1) is 16.2. The first-order valence-electron chi connectivity index (χ1n) is 3.38. The molecule has 10 heteroatoms. The number of carboxylic acids is 2. The molecule has 0 bridgehead atoms. The first-order chi connectivity index (χ1) is 6.46. The minimum atomic E-state index is -4.67. The molecule has 15 heavy (non-hydrogen) atoms. The summed E-state index contributed by atoms with van der Waals surface area (Å²) < 4.78 is 31.6. The van der Waals surface area contributed by atoms with Crippen LogP contribution in [0.1, 0.15) is 6.92 Å². The fourth-order valence-corrected chi connectivity index (χ4v) is 0.367. The molecule has 2 atom stereocenters. The van der Waals surface area contributed by atoms with Gasteiger partial charge in [-0.15, -0.1) is 0 Å². The highest BCUT2D eigenvalue weighted by Crippen LogP contribution is 1.99. The van der Waals surface area contributed by atoms with Gasteiger partial charge in [-0.3, -0.25) is 18.7 Å². The molecule has 0 rings (SSSR count). The van der Waals surface area contributed by atoms with Gasteiger partial charge in [0.2, 0.25) is 0 Å². The van der Waals surface area contributed by atoms with Crippen LogP contribution in [0.3, 0.4) is 0 Å². The summed E-state index contributed by atoms with van der Waals surface area (Å²) >= 11 is 0. The second-order valence-corrected chi connectivity index (χ2v) is 3.33. The maximum Gasteiger partial charge on any atom is 0.394 e. The molecule has 9 nitrogen and oxygen atoms in total. The fourth-order valence-electron chi connectivity index (χ4n) is 0.367. The molecule has 0 radical (unpaired) electrons.